The first-order valence-corrected chi connectivity index (χ1v) is 10.0. The first-order chi connectivity index (χ1) is 12.5. The molecule has 0 aliphatic heterocycles. The van der Waals surface area contributed by atoms with E-state index < -0.39 is 34.5 Å². The van der Waals surface area contributed by atoms with Crippen molar-refractivity contribution in [3.8, 4) is 0 Å². The van der Waals surface area contributed by atoms with E-state index in [0.29, 0.717) is 25.7 Å². The van der Waals surface area contributed by atoms with Crippen molar-refractivity contribution in [1.29, 1.82) is 0 Å². The third-order valence-electron chi connectivity index (χ3n) is 8.59. The summed E-state index contributed by atoms with van der Waals surface area (Å²) >= 11 is 0. The summed E-state index contributed by atoms with van der Waals surface area (Å²) in [4.78, 5) is 24.3. The Hall–Kier alpha value is -1.33. The molecule has 0 spiro atoms. The fraction of sp³-hybridized carbons (Fsp3) is 0.727. The van der Waals surface area contributed by atoms with Crippen LogP contribution in [0, 0.1) is 28.6 Å². The van der Waals surface area contributed by atoms with E-state index in [1.54, 1.807) is 18.2 Å². The number of aliphatic hydroxyl groups is 2. The zero-order valence-corrected chi connectivity index (χ0v) is 16.3. The standard InChI is InChI=1S/C22H29FO4/c1-13-10-17-15-5-7-22(27,18(26)12-24)20(15,3)8-9-21(17,23)19(2)6-4-14(25)11-16(13)19/h8-9,11,13,15,17,24,27H,4-7,10,12H2,1-3H3/t13?,15-,17-,19-,20-,21+,22-/m0/s1. The van der Waals surface area contributed by atoms with Crippen LogP contribution in [0.25, 0.3) is 0 Å². The van der Waals surface area contributed by atoms with E-state index in [1.165, 1.54) is 0 Å². The van der Waals surface area contributed by atoms with Gasteiger partial charge >= 0.3 is 0 Å². The van der Waals surface area contributed by atoms with Gasteiger partial charge < -0.3 is 10.2 Å². The predicted octanol–water partition coefficient (Wildman–Crippen LogP) is 2.92. The van der Waals surface area contributed by atoms with Gasteiger partial charge in [-0.25, -0.2) is 4.39 Å². The van der Waals surface area contributed by atoms with Crippen molar-refractivity contribution in [3.05, 3.63) is 23.8 Å². The van der Waals surface area contributed by atoms with Gasteiger partial charge in [-0.15, -0.1) is 0 Å². The lowest BCUT2D eigenvalue weighted by molar-refractivity contribution is -0.156. The monoisotopic (exact) mass is 376 g/mol. The number of aliphatic hydroxyl groups excluding tert-OH is 1. The maximum absolute atomic E-state index is 16.7. The van der Waals surface area contributed by atoms with Crippen molar-refractivity contribution < 1.29 is 24.2 Å². The van der Waals surface area contributed by atoms with Crippen LogP contribution in [0.4, 0.5) is 4.39 Å². The molecule has 4 rings (SSSR count). The van der Waals surface area contributed by atoms with Crippen LogP contribution in [0.3, 0.4) is 0 Å². The van der Waals surface area contributed by atoms with Crippen molar-refractivity contribution in [2.75, 3.05) is 6.61 Å². The van der Waals surface area contributed by atoms with E-state index in [-0.39, 0.29) is 30.0 Å². The fourth-order valence-electron chi connectivity index (χ4n) is 6.86. The van der Waals surface area contributed by atoms with Crippen LogP contribution in [0.15, 0.2) is 23.8 Å². The van der Waals surface area contributed by atoms with E-state index in [9.17, 15) is 19.8 Å². The Kier molecular flexibility index (Phi) is 3.94. The Morgan fingerprint density at radius 3 is 2.63 bits per heavy atom. The summed E-state index contributed by atoms with van der Waals surface area (Å²) in [6.45, 7) is 5.11. The summed E-state index contributed by atoms with van der Waals surface area (Å²) in [5.74, 6) is -0.914. The summed E-state index contributed by atoms with van der Waals surface area (Å²) in [6.07, 6.45) is 7.18. The highest BCUT2D eigenvalue weighted by Crippen LogP contribution is 2.68. The molecule has 27 heavy (non-hydrogen) atoms. The first-order valence-electron chi connectivity index (χ1n) is 10.0. The molecule has 0 saturated heterocycles. The number of rotatable bonds is 2. The van der Waals surface area contributed by atoms with Gasteiger partial charge in [-0.2, -0.15) is 0 Å². The number of alkyl halides is 1. The Balaban J connectivity index is 1.85. The molecule has 7 atom stereocenters. The lowest BCUT2D eigenvalue weighted by atomic mass is 9.45. The van der Waals surface area contributed by atoms with Crippen LogP contribution < -0.4 is 0 Å². The van der Waals surface area contributed by atoms with Crippen LogP contribution in [0.2, 0.25) is 0 Å². The Morgan fingerprint density at radius 2 is 1.96 bits per heavy atom. The zero-order chi connectivity index (χ0) is 19.8. The molecule has 0 bridgehead atoms. The minimum absolute atomic E-state index is 0.0739. The summed E-state index contributed by atoms with van der Waals surface area (Å²) in [6, 6.07) is 0. The van der Waals surface area contributed by atoms with Gasteiger partial charge in [-0.05, 0) is 49.7 Å². The molecular formula is C22H29FO4. The topological polar surface area (TPSA) is 74.6 Å². The first kappa shape index (κ1) is 19.0. The third kappa shape index (κ3) is 2.10. The molecule has 0 amide bonds. The molecule has 2 fully saturated rings. The number of carbonyl (C=O) groups excluding carboxylic acids is 2. The number of Topliss-reactive ketones (excluding diaryl/α,β-unsaturated/α-hetero) is 1. The minimum atomic E-state index is -1.65. The van der Waals surface area contributed by atoms with Gasteiger partial charge in [-0.1, -0.05) is 32.4 Å². The predicted molar refractivity (Wildman–Crippen MR) is 98.6 cm³/mol. The molecule has 2 saturated carbocycles. The minimum Gasteiger partial charge on any atom is -0.388 e. The summed E-state index contributed by atoms with van der Waals surface area (Å²) in [5, 5.41) is 20.5. The van der Waals surface area contributed by atoms with Crippen molar-refractivity contribution in [3.63, 3.8) is 0 Å². The van der Waals surface area contributed by atoms with Crippen LogP contribution in [0.5, 0.6) is 0 Å². The Labute approximate surface area is 159 Å². The van der Waals surface area contributed by atoms with Gasteiger partial charge in [0.1, 0.15) is 17.9 Å². The number of ketones is 2. The fourth-order valence-corrected chi connectivity index (χ4v) is 6.86. The molecule has 1 unspecified atom stereocenters. The van der Waals surface area contributed by atoms with Crippen molar-refractivity contribution in [2.24, 2.45) is 28.6 Å². The van der Waals surface area contributed by atoms with E-state index in [4.69, 9.17) is 0 Å². The second-order valence-electron chi connectivity index (χ2n) is 9.61. The molecule has 4 aliphatic carbocycles. The molecule has 0 aromatic heterocycles. The van der Waals surface area contributed by atoms with Gasteiger partial charge in [0.15, 0.2) is 11.6 Å². The zero-order valence-electron chi connectivity index (χ0n) is 16.3. The molecule has 4 aliphatic rings. The third-order valence-corrected chi connectivity index (χ3v) is 8.59. The Morgan fingerprint density at radius 1 is 1.26 bits per heavy atom. The highest BCUT2D eigenvalue weighted by Gasteiger charge is 2.70. The molecule has 0 heterocycles. The second kappa shape index (κ2) is 5.60. The van der Waals surface area contributed by atoms with Gasteiger partial charge in [-0.3, -0.25) is 9.59 Å². The highest BCUT2D eigenvalue weighted by atomic mass is 19.1. The molecule has 5 heteroatoms. The smallest absolute Gasteiger partial charge is 0.190 e. The van der Waals surface area contributed by atoms with Crippen LogP contribution >= 0.6 is 0 Å². The van der Waals surface area contributed by atoms with E-state index >= 15 is 4.39 Å². The highest BCUT2D eigenvalue weighted by molar-refractivity contribution is 5.92. The number of hydrogen-bond donors (Lipinski definition) is 2. The second-order valence-corrected chi connectivity index (χ2v) is 9.61. The molecular weight excluding hydrogens is 347 g/mol. The summed E-state index contributed by atoms with van der Waals surface area (Å²) < 4.78 is 16.7. The summed E-state index contributed by atoms with van der Waals surface area (Å²) in [5.41, 5.74) is -3.94. The van der Waals surface area contributed by atoms with Crippen LogP contribution in [0.1, 0.15) is 52.9 Å². The van der Waals surface area contributed by atoms with E-state index in [2.05, 4.69) is 6.92 Å². The molecule has 148 valence electrons. The number of carbonyl (C=O) groups is 2. The average Bonchev–Trinajstić information content (AvgIpc) is 2.91. The average molecular weight is 376 g/mol. The van der Waals surface area contributed by atoms with Gasteiger partial charge in [0.2, 0.25) is 0 Å². The Bertz CT molecular complexity index is 772. The number of hydrogen-bond acceptors (Lipinski definition) is 4. The number of halogens is 1. The maximum Gasteiger partial charge on any atom is 0.190 e. The van der Waals surface area contributed by atoms with Crippen molar-refractivity contribution in [2.45, 2.75) is 64.1 Å². The lowest BCUT2D eigenvalue weighted by Crippen LogP contribution is -2.62. The molecule has 0 radical (unpaired) electrons. The lowest BCUT2D eigenvalue weighted by Gasteiger charge is -2.60. The van der Waals surface area contributed by atoms with Crippen molar-refractivity contribution in [1.82, 2.24) is 0 Å². The molecule has 0 aromatic rings. The molecule has 0 aromatic carbocycles. The number of allylic oxidation sites excluding steroid dienone is 3. The summed E-state index contributed by atoms with van der Waals surface area (Å²) in [7, 11) is 0. The molecule has 4 nitrogen and oxygen atoms in total. The maximum atomic E-state index is 16.7. The molecule has 2 N–H and O–H groups in total. The van der Waals surface area contributed by atoms with Crippen LogP contribution in [-0.2, 0) is 9.59 Å². The van der Waals surface area contributed by atoms with Crippen molar-refractivity contribution >= 4 is 11.6 Å². The number of fused-ring (bicyclic) bond motifs is 5. The van der Waals surface area contributed by atoms with Gasteiger partial charge in [0, 0.05) is 23.2 Å². The largest absolute Gasteiger partial charge is 0.388 e. The SMILES string of the molecule is CC1C[C@H]2[C@@H]3CC[C@](O)(C(=O)CO)[C@@]3(C)C=C[C@]2(F)[C@@]2(C)CCC(=O)C=C12. The van der Waals surface area contributed by atoms with Gasteiger partial charge in [0.25, 0.3) is 0 Å². The quantitative estimate of drug-likeness (QED) is 0.727. The normalized spacial score (nSPS) is 51.3. The van der Waals surface area contributed by atoms with E-state index in [0.717, 1.165) is 5.57 Å². The van der Waals surface area contributed by atoms with E-state index in [1.807, 2.05) is 13.8 Å². The van der Waals surface area contributed by atoms with Gasteiger partial charge in [0.05, 0.1) is 0 Å². The van der Waals surface area contributed by atoms with Crippen LogP contribution in [-0.4, -0.2) is 39.7 Å².